The summed E-state index contributed by atoms with van der Waals surface area (Å²) in [5.74, 6) is 0. The highest BCUT2D eigenvalue weighted by molar-refractivity contribution is 7.14. The van der Waals surface area contributed by atoms with E-state index >= 15 is 0 Å². The van der Waals surface area contributed by atoms with Gasteiger partial charge in [0.05, 0.1) is 22.6 Å². The number of thiophene rings is 1. The summed E-state index contributed by atoms with van der Waals surface area (Å²) in [6.07, 6.45) is 7.80. The lowest BCUT2D eigenvalue weighted by atomic mass is 10.2. The highest BCUT2D eigenvalue weighted by atomic mass is 32.1. The summed E-state index contributed by atoms with van der Waals surface area (Å²) in [5, 5.41) is 4.35. The number of aryl methyl sites for hydroxylation is 2. The Morgan fingerprint density at radius 3 is 2.67 bits per heavy atom. The number of imidazole rings is 1. The van der Waals surface area contributed by atoms with Crippen LogP contribution < -0.4 is 4.80 Å². The van der Waals surface area contributed by atoms with Gasteiger partial charge in [-0.15, -0.1) is 22.7 Å². The van der Waals surface area contributed by atoms with Crippen molar-refractivity contribution in [2.45, 2.75) is 32.9 Å². The van der Waals surface area contributed by atoms with Crippen molar-refractivity contribution in [1.29, 1.82) is 0 Å². The number of aromatic nitrogens is 3. The fourth-order valence-electron chi connectivity index (χ4n) is 3.00. The average molecular weight is 395 g/mol. The second kappa shape index (κ2) is 8.50. The molecule has 0 unspecified atom stereocenters. The molecule has 3 heterocycles. The monoisotopic (exact) mass is 394 g/mol. The van der Waals surface area contributed by atoms with Gasteiger partial charge in [0.1, 0.15) is 0 Å². The molecule has 0 radical (unpaired) electrons. The van der Waals surface area contributed by atoms with Gasteiger partial charge in [-0.2, -0.15) is 0 Å². The quantitative estimate of drug-likeness (QED) is 0.415. The van der Waals surface area contributed by atoms with E-state index in [1.54, 1.807) is 22.7 Å². The number of nitrogens with zero attached hydrogens (tertiary/aromatic N) is 4. The van der Waals surface area contributed by atoms with Crippen molar-refractivity contribution in [1.82, 2.24) is 14.1 Å². The number of thiazole rings is 1. The van der Waals surface area contributed by atoms with Crippen LogP contribution in [0.5, 0.6) is 0 Å². The van der Waals surface area contributed by atoms with Crippen LogP contribution in [0.2, 0.25) is 0 Å². The first-order valence-corrected chi connectivity index (χ1v) is 10.9. The molecule has 0 saturated carbocycles. The van der Waals surface area contributed by atoms with Crippen molar-refractivity contribution < 1.29 is 0 Å². The van der Waals surface area contributed by atoms with Crippen molar-refractivity contribution in [3.05, 3.63) is 76.2 Å². The molecule has 0 spiro atoms. The fourth-order valence-corrected chi connectivity index (χ4v) is 4.78. The molecule has 3 aromatic heterocycles. The van der Waals surface area contributed by atoms with Crippen molar-refractivity contribution in [2.75, 3.05) is 0 Å². The van der Waals surface area contributed by atoms with Gasteiger partial charge >= 0.3 is 0 Å². The zero-order valence-electron chi connectivity index (χ0n) is 15.3. The second-order valence-electron chi connectivity index (χ2n) is 6.32. The summed E-state index contributed by atoms with van der Waals surface area (Å²) in [7, 11) is 0. The molecule has 0 fully saturated rings. The van der Waals surface area contributed by atoms with Gasteiger partial charge in [-0.25, -0.2) is 9.98 Å². The van der Waals surface area contributed by atoms with E-state index in [1.807, 2.05) is 18.7 Å². The third-order valence-corrected chi connectivity index (χ3v) is 6.25. The van der Waals surface area contributed by atoms with E-state index in [0.29, 0.717) is 0 Å². The Hall–Kier alpha value is -2.44. The predicted octanol–water partition coefficient (Wildman–Crippen LogP) is 5.36. The molecular formula is C21H22N4S2. The summed E-state index contributed by atoms with van der Waals surface area (Å²) in [5.41, 5.74) is 3.60. The molecule has 138 valence electrons. The normalized spacial score (nSPS) is 12.0. The number of hydrogen-bond donors (Lipinski definition) is 0. The van der Waals surface area contributed by atoms with Crippen LogP contribution >= 0.6 is 22.7 Å². The predicted molar refractivity (Wildman–Crippen MR) is 114 cm³/mol. The summed E-state index contributed by atoms with van der Waals surface area (Å²) in [6.45, 7) is 4.06. The molecule has 0 aliphatic carbocycles. The van der Waals surface area contributed by atoms with E-state index in [4.69, 9.17) is 4.99 Å². The maximum Gasteiger partial charge on any atom is 0.190 e. The van der Waals surface area contributed by atoms with E-state index in [2.05, 4.69) is 68.2 Å². The highest BCUT2D eigenvalue weighted by Crippen LogP contribution is 2.26. The molecule has 0 aliphatic heterocycles. The van der Waals surface area contributed by atoms with E-state index in [9.17, 15) is 0 Å². The van der Waals surface area contributed by atoms with Gasteiger partial charge < -0.3 is 9.13 Å². The number of rotatable bonds is 7. The summed E-state index contributed by atoms with van der Waals surface area (Å²) in [6, 6.07) is 12.8. The maximum absolute atomic E-state index is 4.93. The van der Waals surface area contributed by atoms with Gasteiger partial charge in [0.25, 0.3) is 0 Å². The molecule has 27 heavy (non-hydrogen) atoms. The van der Waals surface area contributed by atoms with E-state index in [0.717, 1.165) is 36.4 Å². The Morgan fingerprint density at radius 2 is 1.96 bits per heavy atom. The molecule has 0 saturated heterocycles. The number of hydrogen-bond acceptors (Lipinski definition) is 4. The lowest BCUT2D eigenvalue weighted by Gasteiger charge is -2.08. The van der Waals surface area contributed by atoms with Crippen molar-refractivity contribution in [3.8, 4) is 10.6 Å². The minimum atomic E-state index is 0.931. The molecule has 4 rings (SSSR count). The van der Waals surface area contributed by atoms with Crippen molar-refractivity contribution in [2.24, 2.45) is 4.99 Å². The largest absolute Gasteiger partial charge is 0.337 e. The number of benzene rings is 1. The highest BCUT2D eigenvalue weighted by Gasteiger charge is 2.09. The Bertz CT molecular complexity index is 1020. The van der Waals surface area contributed by atoms with E-state index in [-0.39, 0.29) is 0 Å². The smallest absolute Gasteiger partial charge is 0.190 e. The van der Waals surface area contributed by atoms with Gasteiger partial charge in [-0.1, -0.05) is 25.1 Å². The molecule has 0 atom stereocenters. The van der Waals surface area contributed by atoms with Crippen LogP contribution in [0.4, 0.5) is 5.69 Å². The molecule has 1 aromatic carbocycles. The van der Waals surface area contributed by atoms with Crippen LogP contribution in [0.15, 0.2) is 70.9 Å². The van der Waals surface area contributed by atoms with Crippen molar-refractivity contribution >= 4 is 28.4 Å². The molecule has 0 amide bonds. The molecule has 0 N–H and O–H groups in total. The Morgan fingerprint density at radius 1 is 1.07 bits per heavy atom. The molecular weight excluding hydrogens is 372 g/mol. The van der Waals surface area contributed by atoms with Gasteiger partial charge in [0.2, 0.25) is 0 Å². The van der Waals surface area contributed by atoms with Gasteiger partial charge in [-0.3, -0.25) is 0 Å². The first-order chi connectivity index (χ1) is 13.3. The van der Waals surface area contributed by atoms with Crippen LogP contribution in [-0.4, -0.2) is 14.1 Å². The van der Waals surface area contributed by atoms with Gasteiger partial charge in [0.15, 0.2) is 4.80 Å². The maximum atomic E-state index is 4.93. The Kier molecular flexibility index (Phi) is 5.65. The summed E-state index contributed by atoms with van der Waals surface area (Å²) >= 11 is 3.49. The Balaban J connectivity index is 1.64. The first kappa shape index (κ1) is 17.9. The molecule has 4 aromatic rings. The van der Waals surface area contributed by atoms with Crippen molar-refractivity contribution in [3.63, 3.8) is 0 Å². The molecule has 0 bridgehead atoms. The minimum Gasteiger partial charge on any atom is -0.337 e. The summed E-state index contributed by atoms with van der Waals surface area (Å²) in [4.78, 5) is 11.4. The van der Waals surface area contributed by atoms with Crippen LogP contribution in [0, 0.1) is 0 Å². The van der Waals surface area contributed by atoms with E-state index in [1.165, 1.54) is 16.1 Å². The van der Waals surface area contributed by atoms with Crippen LogP contribution in [0.25, 0.3) is 10.6 Å². The first-order valence-electron chi connectivity index (χ1n) is 9.15. The van der Waals surface area contributed by atoms with Crippen LogP contribution in [0.3, 0.4) is 0 Å². The van der Waals surface area contributed by atoms with E-state index < -0.39 is 0 Å². The van der Waals surface area contributed by atoms with Crippen LogP contribution in [-0.2, 0) is 19.5 Å². The lowest BCUT2D eigenvalue weighted by Crippen LogP contribution is -2.16. The van der Waals surface area contributed by atoms with Crippen LogP contribution in [0.1, 0.15) is 18.9 Å². The second-order valence-corrected chi connectivity index (χ2v) is 8.10. The topological polar surface area (TPSA) is 35.1 Å². The third-order valence-electron chi connectivity index (χ3n) is 4.50. The average Bonchev–Trinajstić information content (AvgIpc) is 3.45. The molecule has 6 heteroatoms. The lowest BCUT2D eigenvalue weighted by molar-refractivity contribution is 0.559. The summed E-state index contributed by atoms with van der Waals surface area (Å²) < 4.78 is 4.47. The van der Waals surface area contributed by atoms with Gasteiger partial charge in [-0.05, 0) is 42.0 Å². The SMILES string of the molecule is CCc1ccc(N=c2scc(-c3cccs3)n2CCCn2ccnc2)cc1. The zero-order valence-corrected chi connectivity index (χ0v) is 16.9. The fraction of sp³-hybridized carbons (Fsp3) is 0.238. The standard InChI is InChI=1S/C21H22N4S2/c1-2-17-6-8-18(9-7-17)23-21-25(12-4-11-24-13-10-22-16-24)19(15-27-21)20-5-3-14-26-20/h3,5-10,13-16H,2,4,11-12H2,1H3. The zero-order chi connectivity index (χ0) is 18.5. The molecule has 4 nitrogen and oxygen atoms in total. The Labute approximate surface area is 167 Å². The molecule has 0 aliphatic rings. The van der Waals surface area contributed by atoms with Gasteiger partial charge in [0, 0.05) is 30.9 Å². The minimum absolute atomic E-state index is 0.931. The third kappa shape index (κ3) is 4.28.